The Bertz CT molecular complexity index is 839. The molecule has 26 heavy (non-hydrogen) atoms. The zero-order valence-corrected chi connectivity index (χ0v) is 15.4. The van der Waals surface area contributed by atoms with Crippen LogP contribution in [0.3, 0.4) is 0 Å². The van der Waals surface area contributed by atoms with Crippen LogP contribution in [0.1, 0.15) is 63.4 Å². The van der Waals surface area contributed by atoms with Crippen LogP contribution in [0.15, 0.2) is 18.2 Å². The second-order valence-corrected chi connectivity index (χ2v) is 6.75. The van der Waals surface area contributed by atoms with E-state index in [0.29, 0.717) is 18.6 Å². The van der Waals surface area contributed by atoms with Gasteiger partial charge in [-0.2, -0.15) is 5.10 Å². The number of aromatic nitrogens is 2. The monoisotopic (exact) mass is 355 g/mol. The van der Waals surface area contributed by atoms with Crippen molar-refractivity contribution in [2.75, 3.05) is 13.7 Å². The average Bonchev–Trinajstić information content (AvgIpc) is 2.96. The van der Waals surface area contributed by atoms with Crippen LogP contribution in [-0.2, 0) is 17.6 Å². The number of methoxy groups -OCH3 is 1. The zero-order valence-electron chi connectivity index (χ0n) is 15.4. The van der Waals surface area contributed by atoms with E-state index < -0.39 is 5.91 Å². The molecular formula is C20H25N3O3. The fraction of sp³-hybridized carbons (Fsp3) is 0.450. The van der Waals surface area contributed by atoms with Crippen molar-refractivity contribution in [3.8, 4) is 5.69 Å². The van der Waals surface area contributed by atoms with Crippen molar-refractivity contribution in [1.29, 1.82) is 0 Å². The summed E-state index contributed by atoms with van der Waals surface area (Å²) in [6, 6.07) is 5.58. The van der Waals surface area contributed by atoms with Gasteiger partial charge in [0.05, 0.1) is 22.6 Å². The third-order valence-electron chi connectivity index (χ3n) is 4.90. The summed E-state index contributed by atoms with van der Waals surface area (Å²) in [5.74, 6) is -0.254. The normalized spacial score (nSPS) is 13.7. The highest BCUT2D eigenvalue weighted by atomic mass is 16.5. The fourth-order valence-corrected chi connectivity index (χ4v) is 3.64. The van der Waals surface area contributed by atoms with Crippen LogP contribution in [0.5, 0.6) is 0 Å². The number of ether oxygens (including phenoxy) is 1. The minimum Gasteiger partial charge on any atom is -0.385 e. The Labute approximate surface area is 153 Å². The maximum atomic E-state index is 12.2. The second-order valence-electron chi connectivity index (χ2n) is 6.75. The quantitative estimate of drug-likeness (QED) is 0.774. The van der Waals surface area contributed by atoms with Gasteiger partial charge in [-0.05, 0) is 62.8 Å². The molecule has 2 N–H and O–H groups in total. The molecule has 2 aromatic rings. The van der Waals surface area contributed by atoms with E-state index in [0.717, 1.165) is 60.3 Å². The number of fused-ring (bicyclic) bond motifs is 1. The van der Waals surface area contributed by atoms with Crippen molar-refractivity contribution >= 4 is 11.7 Å². The Balaban J connectivity index is 1.97. The molecule has 6 heteroatoms. The standard InChI is InChI=1S/C20H25N3O3/c1-13-19-17(7-5-8-18(19)24)23(22-13)15-9-10-16(20(21)25)14(12-15)6-3-4-11-26-2/h9-10,12H,3-8,11H2,1-2H3,(H2,21,25). The molecule has 0 aliphatic heterocycles. The van der Waals surface area contributed by atoms with Gasteiger partial charge in [-0.3, -0.25) is 9.59 Å². The van der Waals surface area contributed by atoms with E-state index in [1.807, 2.05) is 23.7 Å². The number of aryl methyl sites for hydroxylation is 2. The second kappa shape index (κ2) is 7.83. The number of amides is 1. The number of rotatable bonds is 7. The first-order valence-corrected chi connectivity index (χ1v) is 9.06. The summed E-state index contributed by atoms with van der Waals surface area (Å²) in [5.41, 5.74) is 10.4. The molecule has 0 fully saturated rings. The van der Waals surface area contributed by atoms with E-state index >= 15 is 0 Å². The van der Waals surface area contributed by atoms with Crippen LogP contribution >= 0.6 is 0 Å². The topological polar surface area (TPSA) is 87.2 Å². The molecule has 0 radical (unpaired) electrons. The highest BCUT2D eigenvalue weighted by molar-refractivity contribution is 5.99. The van der Waals surface area contributed by atoms with Gasteiger partial charge in [0.25, 0.3) is 0 Å². The van der Waals surface area contributed by atoms with Crippen LogP contribution in [0.25, 0.3) is 5.69 Å². The summed E-state index contributed by atoms with van der Waals surface area (Å²) in [6.45, 7) is 2.57. The van der Waals surface area contributed by atoms with Gasteiger partial charge in [0.2, 0.25) is 5.91 Å². The van der Waals surface area contributed by atoms with E-state index in [4.69, 9.17) is 10.5 Å². The molecule has 6 nitrogen and oxygen atoms in total. The van der Waals surface area contributed by atoms with E-state index in [1.165, 1.54) is 0 Å². The number of hydrogen-bond donors (Lipinski definition) is 1. The molecule has 1 aliphatic rings. The Morgan fingerprint density at radius 1 is 1.31 bits per heavy atom. The highest BCUT2D eigenvalue weighted by Crippen LogP contribution is 2.27. The van der Waals surface area contributed by atoms with Crippen LogP contribution < -0.4 is 5.73 Å². The van der Waals surface area contributed by atoms with E-state index in [1.54, 1.807) is 13.2 Å². The molecule has 3 rings (SSSR count). The smallest absolute Gasteiger partial charge is 0.248 e. The fourth-order valence-electron chi connectivity index (χ4n) is 3.64. The Morgan fingerprint density at radius 2 is 2.12 bits per heavy atom. The number of carbonyl (C=O) groups is 2. The number of unbranched alkanes of at least 4 members (excludes halogenated alkanes) is 1. The Morgan fingerprint density at radius 3 is 2.85 bits per heavy atom. The summed E-state index contributed by atoms with van der Waals surface area (Å²) in [7, 11) is 1.68. The summed E-state index contributed by atoms with van der Waals surface area (Å²) in [6.07, 6.45) is 4.85. The van der Waals surface area contributed by atoms with Gasteiger partial charge in [0.15, 0.2) is 5.78 Å². The van der Waals surface area contributed by atoms with Crippen LogP contribution in [-0.4, -0.2) is 35.2 Å². The van der Waals surface area contributed by atoms with E-state index in [2.05, 4.69) is 5.10 Å². The number of nitrogens with zero attached hydrogens (tertiary/aromatic N) is 2. The Kier molecular flexibility index (Phi) is 5.52. The largest absolute Gasteiger partial charge is 0.385 e. The van der Waals surface area contributed by atoms with Crippen molar-refractivity contribution in [2.24, 2.45) is 5.73 Å². The predicted octanol–water partition coefficient (Wildman–Crippen LogP) is 2.77. The van der Waals surface area contributed by atoms with Gasteiger partial charge < -0.3 is 10.5 Å². The average molecular weight is 355 g/mol. The number of benzene rings is 1. The molecule has 1 amide bonds. The molecule has 0 atom stereocenters. The van der Waals surface area contributed by atoms with Crippen molar-refractivity contribution in [3.05, 3.63) is 46.3 Å². The maximum absolute atomic E-state index is 12.2. The zero-order chi connectivity index (χ0) is 18.7. The lowest BCUT2D eigenvalue weighted by Crippen LogP contribution is -2.16. The van der Waals surface area contributed by atoms with Gasteiger partial charge in [0.1, 0.15) is 0 Å². The number of nitrogens with two attached hydrogens (primary N) is 1. The molecule has 1 heterocycles. The van der Waals surface area contributed by atoms with Gasteiger partial charge in [0, 0.05) is 25.7 Å². The molecule has 0 bridgehead atoms. The summed E-state index contributed by atoms with van der Waals surface area (Å²) in [4.78, 5) is 24.0. The molecule has 1 aliphatic carbocycles. The third kappa shape index (κ3) is 3.55. The molecule has 1 aromatic heterocycles. The molecule has 0 saturated carbocycles. The van der Waals surface area contributed by atoms with Crippen molar-refractivity contribution in [2.45, 2.75) is 45.4 Å². The lowest BCUT2D eigenvalue weighted by atomic mass is 9.94. The predicted molar refractivity (Wildman–Crippen MR) is 98.9 cm³/mol. The third-order valence-corrected chi connectivity index (χ3v) is 4.90. The number of Topliss-reactive ketones (excluding diaryl/α,β-unsaturated/α-hetero) is 1. The summed E-state index contributed by atoms with van der Waals surface area (Å²) >= 11 is 0. The van der Waals surface area contributed by atoms with Crippen LogP contribution in [0.4, 0.5) is 0 Å². The van der Waals surface area contributed by atoms with Gasteiger partial charge in [-0.25, -0.2) is 4.68 Å². The Hall–Kier alpha value is -2.47. The van der Waals surface area contributed by atoms with Crippen molar-refractivity contribution in [3.63, 3.8) is 0 Å². The molecule has 0 unspecified atom stereocenters. The van der Waals surface area contributed by atoms with Gasteiger partial charge in [-0.1, -0.05) is 0 Å². The van der Waals surface area contributed by atoms with Crippen LogP contribution in [0.2, 0.25) is 0 Å². The van der Waals surface area contributed by atoms with Crippen molar-refractivity contribution < 1.29 is 14.3 Å². The maximum Gasteiger partial charge on any atom is 0.248 e. The summed E-state index contributed by atoms with van der Waals surface area (Å²) < 4.78 is 6.94. The molecular weight excluding hydrogens is 330 g/mol. The minimum absolute atomic E-state index is 0.170. The molecule has 138 valence electrons. The number of primary amides is 1. The first-order valence-electron chi connectivity index (χ1n) is 9.06. The minimum atomic E-state index is -0.424. The van der Waals surface area contributed by atoms with Crippen LogP contribution in [0, 0.1) is 6.92 Å². The lowest BCUT2D eigenvalue weighted by Gasteiger charge is -2.15. The highest BCUT2D eigenvalue weighted by Gasteiger charge is 2.25. The first kappa shape index (κ1) is 18.3. The number of carbonyl (C=O) groups excluding carboxylic acids is 2. The molecule has 1 aromatic carbocycles. The summed E-state index contributed by atoms with van der Waals surface area (Å²) in [5, 5.41) is 4.60. The first-order chi connectivity index (χ1) is 12.5. The van der Waals surface area contributed by atoms with Crippen molar-refractivity contribution in [1.82, 2.24) is 9.78 Å². The van der Waals surface area contributed by atoms with E-state index in [-0.39, 0.29) is 5.78 Å². The van der Waals surface area contributed by atoms with E-state index in [9.17, 15) is 9.59 Å². The van der Waals surface area contributed by atoms with Gasteiger partial charge >= 0.3 is 0 Å². The lowest BCUT2D eigenvalue weighted by molar-refractivity contribution is 0.0969. The van der Waals surface area contributed by atoms with Gasteiger partial charge in [-0.15, -0.1) is 0 Å². The molecule has 0 saturated heterocycles. The SMILES string of the molecule is COCCCCc1cc(-n2nc(C)c3c2CCCC3=O)ccc1C(N)=O. The number of ketones is 1. The number of hydrogen-bond acceptors (Lipinski definition) is 4. The molecule has 0 spiro atoms.